The second-order valence-corrected chi connectivity index (χ2v) is 6.20. The van der Waals surface area contributed by atoms with Crippen molar-refractivity contribution in [2.75, 3.05) is 32.6 Å². The maximum Gasteiger partial charge on any atom is 0.320 e. The van der Waals surface area contributed by atoms with Gasteiger partial charge in [0.25, 0.3) is 0 Å². The van der Waals surface area contributed by atoms with E-state index in [1.807, 2.05) is 27.2 Å². The molecular formula is C14H25N5O2. The number of likely N-dealkylation sites (N-methyl/N-ethyl adjacent to an activating group) is 1. The summed E-state index contributed by atoms with van der Waals surface area (Å²) in [5, 5.41) is 19.3. The van der Waals surface area contributed by atoms with E-state index in [0.717, 1.165) is 25.9 Å². The van der Waals surface area contributed by atoms with E-state index in [4.69, 9.17) is 0 Å². The van der Waals surface area contributed by atoms with Gasteiger partial charge in [-0.1, -0.05) is 0 Å². The van der Waals surface area contributed by atoms with Gasteiger partial charge in [-0.05, 0) is 39.8 Å². The van der Waals surface area contributed by atoms with Gasteiger partial charge in [-0.15, -0.1) is 0 Å². The number of carbonyl (C=O) groups is 1. The normalized spacial score (nSPS) is 17.6. The lowest BCUT2D eigenvalue weighted by Gasteiger charge is -2.28. The Balaban J connectivity index is 1.85. The van der Waals surface area contributed by atoms with Gasteiger partial charge in [-0.3, -0.25) is 10.00 Å². The summed E-state index contributed by atoms with van der Waals surface area (Å²) in [4.78, 5) is 14.1. The summed E-state index contributed by atoms with van der Waals surface area (Å²) in [6.07, 6.45) is 3.94. The molecule has 0 bridgehead atoms. The number of aromatic nitrogens is 2. The molecule has 1 aromatic heterocycles. The van der Waals surface area contributed by atoms with Crippen LogP contribution in [-0.2, 0) is 6.54 Å². The summed E-state index contributed by atoms with van der Waals surface area (Å²) in [7, 11) is 4.01. The average Bonchev–Trinajstić information content (AvgIpc) is 3.19. The molecule has 118 valence electrons. The topological polar surface area (TPSA) is 82.4 Å². The van der Waals surface area contributed by atoms with Crippen LogP contribution in [0.1, 0.15) is 19.8 Å². The number of rotatable bonds is 7. The van der Waals surface area contributed by atoms with E-state index >= 15 is 0 Å². The van der Waals surface area contributed by atoms with Crippen LogP contribution < -0.4 is 10.6 Å². The minimum Gasteiger partial charge on any atom is -0.394 e. The summed E-state index contributed by atoms with van der Waals surface area (Å²) >= 11 is 0. The molecule has 2 amide bonds. The molecule has 0 aromatic carbocycles. The first-order chi connectivity index (χ1) is 9.93. The Labute approximate surface area is 125 Å². The van der Waals surface area contributed by atoms with Crippen LogP contribution in [0.25, 0.3) is 0 Å². The molecule has 21 heavy (non-hydrogen) atoms. The van der Waals surface area contributed by atoms with Crippen molar-refractivity contribution in [1.29, 1.82) is 0 Å². The molecule has 1 atom stereocenters. The lowest BCUT2D eigenvalue weighted by atomic mass is 9.97. The number of aliphatic hydroxyl groups excluding tert-OH is 1. The van der Waals surface area contributed by atoms with E-state index < -0.39 is 5.54 Å². The first-order valence-corrected chi connectivity index (χ1v) is 7.31. The van der Waals surface area contributed by atoms with Crippen LogP contribution in [-0.4, -0.2) is 58.6 Å². The SMILES string of the molecule is CN(C)CCn1ccc(NC(=O)NC(C)(CO)C2CC2)n1. The largest absolute Gasteiger partial charge is 0.394 e. The predicted octanol–water partition coefficient (Wildman–Crippen LogP) is 0.727. The molecule has 3 N–H and O–H groups in total. The van der Waals surface area contributed by atoms with Crippen molar-refractivity contribution >= 4 is 11.8 Å². The fourth-order valence-corrected chi connectivity index (χ4v) is 2.25. The average molecular weight is 295 g/mol. The zero-order valence-corrected chi connectivity index (χ0v) is 13.0. The van der Waals surface area contributed by atoms with Gasteiger partial charge >= 0.3 is 6.03 Å². The van der Waals surface area contributed by atoms with Crippen LogP contribution in [0, 0.1) is 5.92 Å². The second-order valence-electron chi connectivity index (χ2n) is 6.20. The van der Waals surface area contributed by atoms with E-state index in [2.05, 4.69) is 20.6 Å². The molecule has 1 unspecified atom stereocenters. The zero-order chi connectivity index (χ0) is 15.5. The Morgan fingerprint density at radius 1 is 1.57 bits per heavy atom. The minimum atomic E-state index is -0.544. The lowest BCUT2D eigenvalue weighted by Crippen LogP contribution is -2.52. The smallest absolute Gasteiger partial charge is 0.320 e. The van der Waals surface area contributed by atoms with Crippen LogP contribution in [0.4, 0.5) is 10.6 Å². The second kappa shape index (κ2) is 6.44. The number of hydrogen-bond donors (Lipinski definition) is 3. The fraction of sp³-hybridized carbons (Fsp3) is 0.714. The third-order valence-electron chi connectivity index (χ3n) is 3.86. The lowest BCUT2D eigenvalue weighted by molar-refractivity contribution is 0.159. The van der Waals surface area contributed by atoms with Crippen LogP contribution in [0.5, 0.6) is 0 Å². The third kappa shape index (κ3) is 4.44. The zero-order valence-electron chi connectivity index (χ0n) is 13.0. The fourth-order valence-electron chi connectivity index (χ4n) is 2.25. The highest BCUT2D eigenvalue weighted by molar-refractivity contribution is 5.88. The Bertz CT molecular complexity index is 483. The number of hydrogen-bond acceptors (Lipinski definition) is 4. The molecule has 1 saturated carbocycles. The molecule has 7 heteroatoms. The highest BCUT2D eigenvalue weighted by Crippen LogP contribution is 2.39. The molecule has 1 aromatic rings. The summed E-state index contributed by atoms with van der Waals surface area (Å²) in [6, 6.07) is 1.44. The molecule has 2 rings (SSSR count). The van der Waals surface area contributed by atoms with Crippen molar-refractivity contribution in [3.05, 3.63) is 12.3 Å². The van der Waals surface area contributed by atoms with Gasteiger partial charge in [0.2, 0.25) is 0 Å². The molecule has 0 aliphatic heterocycles. The molecule has 7 nitrogen and oxygen atoms in total. The van der Waals surface area contributed by atoms with Crippen LogP contribution >= 0.6 is 0 Å². The van der Waals surface area contributed by atoms with Crippen molar-refractivity contribution in [3.63, 3.8) is 0 Å². The number of carbonyl (C=O) groups excluding carboxylic acids is 1. The predicted molar refractivity (Wildman–Crippen MR) is 81.2 cm³/mol. The monoisotopic (exact) mass is 295 g/mol. The van der Waals surface area contributed by atoms with Crippen molar-refractivity contribution in [3.8, 4) is 0 Å². The number of nitrogens with zero attached hydrogens (tertiary/aromatic N) is 3. The first-order valence-electron chi connectivity index (χ1n) is 7.31. The van der Waals surface area contributed by atoms with Crippen LogP contribution in [0.15, 0.2) is 12.3 Å². The van der Waals surface area contributed by atoms with Gasteiger partial charge in [0.05, 0.1) is 18.7 Å². The number of nitrogens with one attached hydrogen (secondary N) is 2. The Kier molecular flexibility index (Phi) is 4.84. The van der Waals surface area contributed by atoms with Gasteiger partial charge in [0, 0.05) is 18.8 Å². The van der Waals surface area contributed by atoms with Crippen molar-refractivity contribution in [1.82, 2.24) is 20.0 Å². The number of amides is 2. The van der Waals surface area contributed by atoms with E-state index in [9.17, 15) is 9.90 Å². The van der Waals surface area contributed by atoms with Gasteiger partial charge in [0.1, 0.15) is 0 Å². The molecule has 0 spiro atoms. The third-order valence-corrected chi connectivity index (χ3v) is 3.86. The maximum absolute atomic E-state index is 12.0. The summed E-state index contributed by atoms with van der Waals surface area (Å²) in [5.41, 5.74) is -0.544. The summed E-state index contributed by atoms with van der Waals surface area (Å²) in [5.74, 6) is 0.883. The van der Waals surface area contributed by atoms with Gasteiger partial charge in [0.15, 0.2) is 5.82 Å². The number of aliphatic hydroxyl groups is 1. The van der Waals surface area contributed by atoms with Crippen molar-refractivity contribution in [2.24, 2.45) is 5.92 Å². The molecule has 0 saturated heterocycles. The van der Waals surface area contributed by atoms with Crippen molar-refractivity contribution < 1.29 is 9.90 Å². The standard InChI is InChI=1S/C14H25N5O2/c1-14(10-20,11-4-5-11)16-13(21)15-12-6-7-19(17-12)9-8-18(2)3/h6-7,11,20H,4-5,8-10H2,1-3H3,(H2,15,16,17,21). The van der Waals surface area contributed by atoms with Gasteiger partial charge in [-0.25, -0.2) is 4.79 Å². The van der Waals surface area contributed by atoms with Gasteiger partial charge < -0.3 is 15.3 Å². The maximum atomic E-state index is 12.0. The van der Waals surface area contributed by atoms with E-state index in [0.29, 0.717) is 11.7 Å². The molecule has 0 radical (unpaired) electrons. The summed E-state index contributed by atoms with van der Waals surface area (Å²) < 4.78 is 1.79. The highest BCUT2D eigenvalue weighted by Gasteiger charge is 2.42. The van der Waals surface area contributed by atoms with Crippen LogP contribution in [0.2, 0.25) is 0 Å². The molecular weight excluding hydrogens is 270 g/mol. The molecule has 1 aliphatic carbocycles. The molecule has 1 aliphatic rings. The summed E-state index contributed by atoms with van der Waals surface area (Å²) in [6.45, 7) is 3.48. The Hall–Kier alpha value is -1.60. The number of urea groups is 1. The van der Waals surface area contributed by atoms with Crippen molar-refractivity contribution in [2.45, 2.75) is 31.8 Å². The number of anilines is 1. The first kappa shape index (κ1) is 15.8. The van der Waals surface area contributed by atoms with E-state index in [1.165, 1.54) is 0 Å². The molecule has 1 fully saturated rings. The quantitative estimate of drug-likeness (QED) is 0.692. The Morgan fingerprint density at radius 3 is 2.86 bits per heavy atom. The highest BCUT2D eigenvalue weighted by atomic mass is 16.3. The Morgan fingerprint density at radius 2 is 2.29 bits per heavy atom. The van der Waals surface area contributed by atoms with E-state index in [-0.39, 0.29) is 12.6 Å². The van der Waals surface area contributed by atoms with E-state index in [1.54, 1.807) is 10.7 Å². The minimum absolute atomic E-state index is 0.0532. The van der Waals surface area contributed by atoms with Gasteiger partial charge in [-0.2, -0.15) is 5.10 Å². The van der Waals surface area contributed by atoms with Crippen LogP contribution in [0.3, 0.4) is 0 Å². The molecule has 1 heterocycles.